The highest BCUT2D eigenvalue weighted by Crippen LogP contribution is 2.25. The van der Waals surface area contributed by atoms with Crippen LogP contribution >= 0.6 is 0 Å². The first kappa shape index (κ1) is 14.1. The lowest BCUT2D eigenvalue weighted by atomic mass is 10.1. The number of rotatable bonds is 4. The van der Waals surface area contributed by atoms with Gasteiger partial charge in [0.2, 0.25) is 0 Å². The summed E-state index contributed by atoms with van der Waals surface area (Å²) in [6.07, 6.45) is 4.12. The number of hydrogen-bond acceptors (Lipinski definition) is 3. The van der Waals surface area contributed by atoms with Crippen molar-refractivity contribution in [2.75, 3.05) is 33.2 Å². The van der Waals surface area contributed by atoms with Gasteiger partial charge < -0.3 is 5.32 Å². The molecule has 2 atom stereocenters. The number of benzene rings is 1. The third-order valence-corrected chi connectivity index (χ3v) is 4.98. The van der Waals surface area contributed by atoms with E-state index in [-0.39, 0.29) is 0 Å². The minimum Gasteiger partial charge on any atom is -0.315 e. The van der Waals surface area contributed by atoms with Gasteiger partial charge in [0, 0.05) is 44.8 Å². The average Bonchev–Trinajstić information content (AvgIpc) is 2.98. The zero-order valence-corrected chi connectivity index (χ0v) is 12.6. The molecule has 0 unspecified atom stereocenters. The summed E-state index contributed by atoms with van der Waals surface area (Å²) >= 11 is 0. The van der Waals surface area contributed by atoms with Crippen LogP contribution in [0.25, 0.3) is 0 Å². The van der Waals surface area contributed by atoms with Crippen molar-refractivity contribution in [3.8, 4) is 0 Å². The molecule has 1 aromatic rings. The van der Waals surface area contributed by atoms with Gasteiger partial charge in [-0.25, -0.2) is 0 Å². The van der Waals surface area contributed by atoms with Crippen LogP contribution in [0.5, 0.6) is 0 Å². The molecule has 3 nitrogen and oxygen atoms in total. The van der Waals surface area contributed by atoms with Crippen LogP contribution in [0, 0.1) is 0 Å². The van der Waals surface area contributed by atoms with Crippen LogP contribution in [0.2, 0.25) is 0 Å². The zero-order chi connectivity index (χ0) is 13.8. The molecule has 0 amide bonds. The maximum absolute atomic E-state index is 3.51. The molecule has 0 aromatic heterocycles. The second-order valence-electron chi connectivity index (χ2n) is 6.19. The average molecular weight is 273 g/mol. The Morgan fingerprint density at radius 1 is 1.05 bits per heavy atom. The minimum atomic E-state index is 0.718. The van der Waals surface area contributed by atoms with E-state index in [0.717, 1.165) is 18.6 Å². The van der Waals surface area contributed by atoms with Gasteiger partial charge in [-0.05, 0) is 25.5 Å². The third-order valence-electron chi connectivity index (χ3n) is 4.98. The first-order chi connectivity index (χ1) is 9.86. The van der Waals surface area contributed by atoms with Crippen molar-refractivity contribution in [2.45, 2.75) is 37.9 Å². The summed E-state index contributed by atoms with van der Waals surface area (Å²) in [5.41, 5.74) is 1.44. The molecule has 0 bridgehead atoms. The Kier molecular flexibility index (Phi) is 4.71. The van der Waals surface area contributed by atoms with Crippen molar-refractivity contribution < 1.29 is 0 Å². The van der Waals surface area contributed by atoms with Crippen molar-refractivity contribution in [1.29, 1.82) is 0 Å². The summed E-state index contributed by atoms with van der Waals surface area (Å²) < 4.78 is 0. The highest BCUT2D eigenvalue weighted by Gasteiger charge is 2.32. The predicted molar refractivity (Wildman–Crippen MR) is 83.8 cm³/mol. The standard InChI is InChI=1S/C17H27N3/c1-18-16-8-5-9-17(16)20-12-10-19(11-13-20)14-15-6-3-2-4-7-15/h2-4,6-7,16-18H,5,8-14H2,1H3/t16-,17+/m0/s1. The second kappa shape index (κ2) is 6.70. The van der Waals surface area contributed by atoms with E-state index in [1.54, 1.807) is 0 Å². The molecular weight excluding hydrogens is 246 g/mol. The molecular formula is C17H27N3. The van der Waals surface area contributed by atoms with E-state index < -0.39 is 0 Å². The summed E-state index contributed by atoms with van der Waals surface area (Å²) in [7, 11) is 2.12. The molecule has 3 heteroatoms. The molecule has 1 aliphatic heterocycles. The molecule has 3 rings (SSSR count). The topological polar surface area (TPSA) is 18.5 Å². The quantitative estimate of drug-likeness (QED) is 0.904. The van der Waals surface area contributed by atoms with Crippen LogP contribution in [-0.4, -0.2) is 55.1 Å². The van der Waals surface area contributed by atoms with Gasteiger partial charge in [0.1, 0.15) is 0 Å². The minimum absolute atomic E-state index is 0.718. The van der Waals surface area contributed by atoms with Crippen LogP contribution in [0.4, 0.5) is 0 Å². The van der Waals surface area contributed by atoms with Crippen molar-refractivity contribution in [2.24, 2.45) is 0 Å². The van der Waals surface area contributed by atoms with Crippen LogP contribution < -0.4 is 5.32 Å². The number of likely N-dealkylation sites (N-methyl/N-ethyl adjacent to an activating group) is 1. The molecule has 1 aromatic carbocycles. The maximum atomic E-state index is 3.51. The number of piperazine rings is 1. The van der Waals surface area contributed by atoms with Crippen molar-refractivity contribution in [3.05, 3.63) is 35.9 Å². The lowest BCUT2D eigenvalue weighted by Gasteiger charge is -2.40. The highest BCUT2D eigenvalue weighted by molar-refractivity contribution is 5.14. The maximum Gasteiger partial charge on any atom is 0.0250 e. The lowest BCUT2D eigenvalue weighted by Crippen LogP contribution is -2.54. The summed E-state index contributed by atoms with van der Waals surface area (Å²) in [5.74, 6) is 0. The number of nitrogens with zero attached hydrogens (tertiary/aromatic N) is 2. The predicted octanol–water partition coefficient (Wildman–Crippen LogP) is 1.94. The SMILES string of the molecule is CN[C@H]1CCC[C@H]1N1CCN(Cc2ccccc2)CC1. The van der Waals surface area contributed by atoms with Crippen LogP contribution in [0.1, 0.15) is 24.8 Å². The van der Waals surface area contributed by atoms with E-state index in [1.165, 1.54) is 51.0 Å². The fourth-order valence-corrected chi connectivity index (χ4v) is 3.81. The molecule has 2 aliphatic rings. The van der Waals surface area contributed by atoms with Gasteiger partial charge in [-0.1, -0.05) is 36.8 Å². The molecule has 1 aliphatic carbocycles. The monoisotopic (exact) mass is 273 g/mol. The Balaban J connectivity index is 1.49. The highest BCUT2D eigenvalue weighted by atomic mass is 15.3. The molecule has 1 heterocycles. The van der Waals surface area contributed by atoms with Gasteiger partial charge in [0.15, 0.2) is 0 Å². The van der Waals surface area contributed by atoms with Gasteiger partial charge in [-0.3, -0.25) is 9.80 Å². The van der Waals surface area contributed by atoms with Crippen LogP contribution in [0.3, 0.4) is 0 Å². The summed E-state index contributed by atoms with van der Waals surface area (Å²) in [6.45, 7) is 5.99. The van der Waals surface area contributed by atoms with E-state index >= 15 is 0 Å². The van der Waals surface area contributed by atoms with Gasteiger partial charge >= 0.3 is 0 Å². The van der Waals surface area contributed by atoms with Gasteiger partial charge in [-0.15, -0.1) is 0 Å². The Morgan fingerprint density at radius 3 is 2.50 bits per heavy atom. The molecule has 0 spiro atoms. The Hall–Kier alpha value is -0.900. The number of hydrogen-bond donors (Lipinski definition) is 1. The van der Waals surface area contributed by atoms with Crippen molar-refractivity contribution in [3.63, 3.8) is 0 Å². The second-order valence-corrected chi connectivity index (χ2v) is 6.19. The van der Waals surface area contributed by atoms with Crippen LogP contribution in [-0.2, 0) is 6.54 Å². The molecule has 0 radical (unpaired) electrons. The lowest BCUT2D eigenvalue weighted by molar-refractivity contribution is 0.0840. The summed E-state index contributed by atoms with van der Waals surface area (Å²) in [4.78, 5) is 5.31. The third kappa shape index (κ3) is 3.22. The van der Waals surface area contributed by atoms with Gasteiger partial charge in [0.25, 0.3) is 0 Å². The first-order valence-corrected chi connectivity index (χ1v) is 8.04. The van der Waals surface area contributed by atoms with E-state index in [9.17, 15) is 0 Å². The normalized spacial score (nSPS) is 28.9. The fourth-order valence-electron chi connectivity index (χ4n) is 3.81. The van der Waals surface area contributed by atoms with E-state index in [2.05, 4.69) is 52.5 Å². The van der Waals surface area contributed by atoms with E-state index in [0.29, 0.717) is 0 Å². The Bertz CT molecular complexity index is 398. The molecule has 20 heavy (non-hydrogen) atoms. The van der Waals surface area contributed by atoms with Gasteiger partial charge in [-0.2, -0.15) is 0 Å². The Morgan fingerprint density at radius 2 is 1.80 bits per heavy atom. The summed E-state index contributed by atoms with van der Waals surface area (Å²) in [5, 5.41) is 3.51. The smallest absolute Gasteiger partial charge is 0.0250 e. The largest absolute Gasteiger partial charge is 0.315 e. The molecule has 1 saturated carbocycles. The molecule has 2 fully saturated rings. The first-order valence-electron chi connectivity index (χ1n) is 8.04. The molecule has 1 saturated heterocycles. The Labute approximate surface area is 123 Å². The van der Waals surface area contributed by atoms with E-state index in [4.69, 9.17) is 0 Å². The van der Waals surface area contributed by atoms with Crippen molar-refractivity contribution in [1.82, 2.24) is 15.1 Å². The van der Waals surface area contributed by atoms with Crippen molar-refractivity contribution >= 4 is 0 Å². The van der Waals surface area contributed by atoms with Crippen LogP contribution in [0.15, 0.2) is 30.3 Å². The molecule has 1 N–H and O–H groups in total. The number of nitrogens with one attached hydrogen (secondary N) is 1. The fraction of sp³-hybridized carbons (Fsp3) is 0.647. The van der Waals surface area contributed by atoms with E-state index in [1.807, 2.05) is 0 Å². The van der Waals surface area contributed by atoms with Gasteiger partial charge in [0.05, 0.1) is 0 Å². The molecule has 110 valence electrons. The zero-order valence-electron chi connectivity index (χ0n) is 12.6. The summed E-state index contributed by atoms with van der Waals surface area (Å²) in [6, 6.07) is 12.3.